The van der Waals surface area contributed by atoms with Gasteiger partial charge in [-0.05, 0) is 41.5 Å². The molecule has 0 bridgehead atoms. The largest absolute Gasteiger partial charge is 0.506 e. The van der Waals surface area contributed by atoms with E-state index >= 15 is 0 Å². The Hall–Kier alpha value is 0.194. The molecule has 0 amide bonds. The molecule has 0 heterocycles. The molecule has 0 spiro atoms. The Morgan fingerprint density at radius 1 is 0.583 bits per heavy atom. The molecule has 0 aliphatic rings. The van der Waals surface area contributed by atoms with Crippen molar-refractivity contribution in [2.24, 2.45) is 0 Å². The molecule has 0 aromatic heterocycles. The van der Waals surface area contributed by atoms with Crippen LogP contribution < -0.4 is 0 Å². The third-order valence-electron chi connectivity index (χ3n) is 2.83. The summed E-state index contributed by atoms with van der Waals surface area (Å²) in [6.45, 7) is 22.1. The zero-order chi connectivity index (χ0) is 19.1. The highest BCUT2D eigenvalue weighted by molar-refractivity contribution is 6.64. The van der Waals surface area contributed by atoms with Gasteiger partial charge in [0.25, 0.3) is 0 Å². The third-order valence-corrected chi connectivity index (χ3v) is 8.49. The van der Waals surface area contributed by atoms with Crippen LogP contribution in [-0.2, 0) is 26.6 Å². The fourth-order valence-corrected chi connectivity index (χ4v) is 5.69. The fourth-order valence-electron chi connectivity index (χ4n) is 1.90. The quantitative estimate of drug-likeness (QED) is 0.479. The van der Waals surface area contributed by atoms with Gasteiger partial charge in [-0.15, -0.1) is 0 Å². The lowest BCUT2D eigenvalue weighted by molar-refractivity contribution is 0.0508. The maximum atomic E-state index is 5.77. The van der Waals surface area contributed by atoms with Crippen LogP contribution in [0.1, 0.15) is 62.3 Å². The summed E-state index contributed by atoms with van der Waals surface area (Å²) in [5, 5.41) is -0.0605. The second kappa shape index (κ2) is 15.4. The zero-order valence-electron chi connectivity index (χ0n) is 17.3. The van der Waals surface area contributed by atoms with Gasteiger partial charge in [0.05, 0.1) is 0 Å². The summed E-state index contributed by atoms with van der Waals surface area (Å²) in [6.07, 6.45) is 0. The van der Waals surface area contributed by atoms with Gasteiger partial charge in [0.15, 0.2) is 0 Å². The van der Waals surface area contributed by atoms with E-state index in [2.05, 4.69) is 20.8 Å². The molecule has 0 aliphatic heterocycles. The average molecular weight is 385 g/mol. The predicted molar refractivity (Wildman–Crippen MR) is 102 cm³/mol. The molecule has 0 fully saturated rings. The van der Waals surface area contributed by atoms with Crippen molar-refractivity contribution in [1.29, 1.82) is 0 Å². The summed E-state index contributed by atoms with van der Waals surface area (Å²) >= 11 is 0. The SMILES string of the molecule is CCO[SiH](OCC)OCC.CCO[Si](OCC)(OCC)C(C)(C)C. The predicted octanol–water partition coefficient (Wildman–Crippen LogP) is 3.65. The molecule has 0 N–H and O–H groups in total. The first kappa shape index (κ1) is 26.4. The molecule has 0 aromatic carbocycles. The standard InChI is InChI=1S/C10H24O3Si.C6H16O3Si/c1-7-11-14(12-8-2,13-9-3)10(4,5)6;1-4-7-10(8-5-2)9-6-3/h7-9H2,1-6H3;10H,4-6H2,1-3H3. The molecule has 0 aliphatic carbocycles. The maximum Gasteiger partial charge on any atom is 0.506 e. The van der Waals surface area contributed by atoms with Crippen LogP contribution in [0.5, 0.6) is 0 Å². The molecule has 8 heteroatoms. The van der Waals surface area contributed by atoms with Gasteiger partial charge in [-0.3, -0.25) is 0 Å². The Morgan fingerprint density at radius 3 is 1.04 bits per heavy atom. The van der Waals surface area contributed by atoms with E-state index in [1.807, 2.05) is 41.5 Å². The van der Waals surface area contributed by atoms with Crippen molar-refractivity contribution in [3.63, 3.8) is 0 Å². The lowest BCUT2D eigenvalue weighted by Crippen LogP contribution is -2.53. The Morgan fingerprint density at radius 2 is 0.875 bits per heavy atom. The van der Waals surface area contributed by atoms with Crippen molar-refractivity contribution < 1.29 is 26.6 Å². The van der Waals surface area contributed by atoms with E-state index < -0.39 is 18.3 Å². The third kappa shape index (κ3) is 10.9. The first-order chi connectivity index (χ1) is 11.3. The smallest absolute Gasteiger partial charge is 0.376 e. The van der Waals surface area contributed by atoms with Crippen LogP contribution in [0.2, 0.25) is 5.04 Å². The Balaban J connectivity index is 0. The molecule has 0 saturated carbocycles. The summed E-state index contributed by atoms with van der Waals surface area (Å²) in [7, 11) is -4.23. The van der Waals surface area contributed by atoms with Crippen molar-refractivity contribution in [2.45, 2.75) is 67.4 Å². The first-order valence-electron chi connectivity index (χ1n) is 9.04. The molecule has 0 aromatic rings. The second-order valence-corrected chi connectivity index (χ2v) is 10.8. The first-order valence-corrected chi connectivity index (χ1v) is 12.2. The lowest BCUT2D eigenvalue weighted by atomic mass is 10.3. The molecule has 6 nitrogen and oxygen atoms in total. The molecule has 0 saturated heterocycles. The van der Waals surface area contributed by atoms with Gasteiger partial charge in [0, 0.05) is 44.7 Å². The topological polar surface area (TPSA) is 55.4 Å². The van der Waals surface area contributed by atoms with Crippen LogP contribution in [0.15, 0.2) is 0 Å². The van der Waals surface area contributed by atoms with E-state index in [0.29, 0.717) is 39.6 Å². The highest BCUT2D eigenvalue weighted by Crippen LogP contribution is 2.38. The minimum absolute atomic E-state index is 0.0605. The minimum Gasteiger partial charge on any atom is -0.376 e. The highest BCUT2D eigenvalue weighted by atomic mass is 28.4. The number of rotatable bonds is 12. The Kier molecular flexibility index (Phi) is 17.0. The molecule has 148 valence electrons. The van der Waals surface area contributed by atoms with Crippen molar-refractivity contribution >= 4 is 18.3 Å². The highest BCUT2D eigenvalue weighted by Gasteiger charge is 2.52. The number of hydrogen-bond donors (Lipinski definition) is 0. The molecule has 0 rings (SSSR count). The van der Waals surface area contributed by atoms with Crippen LogP contribution >= 0.6 is 0 Å². The van der Waals surface area contributed by atoms with E-state index in [1.54, 1.807) is 0 Å². The van der Waals surface area contributed by atoms with Crippen molar-refractivity contribution in [2.75, 3.05) is 39.6 Å². The van der Waals surface area contributed by atoms with Crippen LogP contribution in [0.3, 0.4) is 0 Å². The maximum absolute atomic E-state index is 5.77. The lowest BCUT2D eigenvalue weighted by Gasteiger charge is -2.38. The molecule has 0 radical (unpaired) electrons. The van der Waals surface area contributed by atoms with Crippen molar-refractivity contribution in [1.82, 2.24) is 0 Å². The van der Waals surface area contributed by atoms with Gasteiger partial charge in [-0.1, -0.05) is 20.8 Å². The minimum atomic E-state index is -2.50. The van der Waals surface area contributed by atoms with E-state index in [4.69, 9.17) is 26.6 Å². The molecular formula is C16H40O6Si2. The average Bonchev–Trinajstić information content (AvgIpc) is 2.48. The van der Waals surface area contributed by atoms with Gasteiger partial charge in [0.2, 0.25) is 0 Å². The van der Waals surface area contributed by atoms with Crippen molar-refractivity contribution in [3.8, 4) is 0 Å². The van der Waals surface area contributed by atoms with E-state index in [9.17, 15) is 0 Å². The van der Waals surface area contributed by atoms with Gasteiger partial charge in [0.1, 0.15) is 0 Å². The normalized spacial score (nSPS) is 12.2. The van der Waals surface area contributed by atoms with Crippen LogP contribution in [0.25, 0.3) is 0 Å². The molecule has 0 unspecified atom stereocenters. The molecule has 0 atom stereocenters. The monoisotopic (exact) mass is 384 g/mol. The summed E-state index contributed by atoms with van der Waals surface area (Å²) in [4.78, 5) is 0. The summed E-state index contributed by atoms with van der Waals surface area (Å²) in [5.41, 5.74) is 0. The second-order valence-electron chi connectivity index (χ2n) is 5.76. The Labute approximate surface area is 152 Å². The molecule has 24 heavy (non-hydrogen) atoms. The van der Waals surface area contributed by atoms with E-state index in [0.717, 1.165) is 0 Å². The summed E-state index contributed by atoms with van der Waals surface area (Å²) in [6, 6.07) is 0. The van der Waals surface area contributed by atoms with Crippen LogP contribution in [-0.4, -0.2) is 58.0 Å². The van der Waals surface area contributed by atoms with E-state index in [-0.39, 0.29) is 5.04 Å². The van der Waals surface area contributed by atoms with Crippen LogP contribution in [0.4, 0.5) is 0 Å². The number of hydrogen-bond acceptors (Lipinski definition) is 6. The summed E-state index contributed by atoms with van der Waals surface area (Å²) < 4.78 is 33.0. The van der Waals surface area contributed by atoms with Crippen LogP contribution in [0, 0.1) is 0 Å². The van der Waals surface area contributed by atoms with Gasteiger partial charge in [-0.2, -0.15) is 0 Å². The zero-order valence-corrected chi connectivity index (χ0v) is 19.4. The fraction of sp³-hybridized carbons (Fsp3) is 1.00. The molecular weight excluding hydrogens is 344 g/mol. The van der Waals surface area contributed by atoms with Gasteiger partial charge in [-0.25, -0.2) is 0 Å². The summed E-state index contributed by atoms with van der Waals surface area (Å²) in [5.74, 6) is 0. The van der Waals surface area contributed by atoms with Gasteiger partial charge < -0.3 is 26.6 Å². The van der Waals surface area contributed by atoms with E-state index in [1.165, 1.54) is 0 Å². The Bertz CT molecular complexity index is 242. The van der Waals surface area contributed by atoms with Gasteiger partial charge >= 0.3 is 18.3 Å². The van der Waals surface area contributed by atoms with Crippen molar-refractivity contribution in [3.05, 3.63) is 0 Å².